The summed E-state index contributed by atoms with van der Waals surface area (Å²) in [5.41, 5.74) is 2.99. The number of rotatable bonds is 3. The van der Waals surface area contributed by atoms with E-state index in [-0.39, 0.29) is 24.2 Å². The number of nitrogens with one attached hydrogen (secondary N) is 1. The standard InChI is InChI=1S/C17H19N3O3/c1-10-4-5-11(2)14(6-10)20-9-13(8-16(20)21)17(22)18-15-7-12(3)23-19-15/h4-7,13H,8-9H2,1-3H3,(H,18,19,22)/t13-/m0/s1. The lowest BCUT2D eigenvalue weighted by atomic mass is 10.1. The zero-order valence-corrected chi connectivity index (χ0v) is 13.4. The van der Waals surface area contributed by atoms with Crippen molar-refractivity contribution in [1.82, 2.24) is 5.16 Å². The molecule has 3 rings (SSSR count). The molecule has 1 N–H and O–H groups in total. The van der Waals surface area contributed by atoms with Crippen molar-refractivity contribution in [3.8, 4) is 0 Å². The van der Waals surface area contributed by atoms with E-state index in [9.17, 15) is 9.59 Å². The Morgan fingerprint density at radius 2 is 2.09 bits per heavy atom. The molecule has 1 atom stereocenters. The monoisotopic (exact) mass is 313 g/mol. The first-order valence-corrected chi connectivity index (χ1v) is 7.56. The molecule has 0 aliphatic carbocycles. The van der Waals surface area contributed by atoms with Crippen molar-refractivity contribution < 1.29 is 14.1 Å². The molecule has 1 saturated heterocycles. The highest BCUT2D eigenvalue weighted by atomic mass is 16.5. The molecule has 2 aromatic rings. The van der Waals surface area contributed by atoms with E-state index in [1.54, 1.807) is 17.9 Å². The van der Waals surface area contributed by atoms with Crippen LogP contribution in [0, 0.1) is 26.7 Å². The molecule has 1 aromatic heterocycles. The fraction of sp³-hybridized carbons (Fsp3) is 0.353. The molecule has 6 nitrogen and oxygen atoms in total. The van der Waals surface area contributed by atoms with Crippen LogP contribution in [0.2, 0.25) is 0 Å². The van der Waals surface area contributed by atoms with Gasteiger partial charge in [0.25, 0.3) is 0 Å². The van der Waals surface area contributed by atoms with Crippen LogP contribution in [0.5, 0.6) is 0 Å². The summed E-state index contributed by atoms with van der Waals surface area (Å²) in [4.78, 5) is 26.3. The zero-order chi connectivity index (χ0) is 16.6. The maximum absolute atomic E-state index is 12.3. The highest BCUT2D eigenvalue weighted by Crippen LogP contribution is 2.29. The molecule has 2 heterocycles. The summed E-state index contributed by atoms with van der Waals surface area (Å²) >= 11 is 0. The van der Waals surface area contributed by atoms with Crippen LogP contribution < -0.4 is 10.2 Å². The summed E-state index contributed by atoms with van der Waals surface area (Å²) in [6.45, 7) is 6.09. The third-order valence-electron chi connectivity index (χ3n) is 4.03. The Balaban J connectivity index is 1.74. The molecule has 120 valence electrons. The summed E-state index contributed by atoms with van der Waals surface area (Å²) in [5, 5.41) is 6.44. The molecule has 6 heteroatoms. The van der Waals surface area contributed by atoms with Crippen molar-refractivity contribution in [3.05, 3.63) is 41.2 Å². The van der Waals surface area contributed by atoms with Crippen molar-refractivity contribution in [1.29, 1.82) is 0 Å². The van der Waals surface area contributed by atoms with E-state index in [2.05, 4.69) is 10.5 Å². The number of anilines is 2. The summed E-state index contributed by atoms with van der Waals surface area (Å²) in [6.07, 6.45) is 0.204. The van der Waals surface area contributed by atoms with Gasteiger partial charge in [0.2, 0.25) is 11.8 Å². The molecule has 1 aliphatic heterocycles. The van der Waals surface area contributed by atoms with E-state index in [1.165, 1.54) is 0 Å². The van der Waals surface area contributed by atoms with Gasteiger partial charge in [-0.25, -0.2) is 0 Å². The van der Waals surface area contributed by atoms with Gasteiger partial charge in [-0.2, -0.15) is 0 Å². The first-order valence-electron chi connectivity index (χ1n) is 7.56. The lowest BCUT2D eigenvalue weighted by Crippen LogP contribution is -2.28. The summed E-state index contributed by atoms with van der Waals surface area (Å²) in [6, 6.07) is 7.63. The minimum atomic E-state index is -0.389. The highest BCUT2D eigenvalue weighted by molar-refractivity contribution is 6.03. The van der Waals surface area contributed by atoms with E-state index >= 15 is 0 Å². The number of amides is 2. The second kappa shape index (κ2) is 5.87. The van der Waals surface area contributed by atoms with Crippen molar-refractivity contribution in [2.75, 3.05) is 16.8 Å². The predicted octanol–water partition coefficient (Wildman–Crippen LogP) is 2.59. The third-order valence-corrected chi connectivity index (χ3v) is 4.03. The molecule has 0 spiro atoms. The first-order chi connectivity index (χ1) is 10.9. The molecule has 23 heavy (non-hydrogen) atoms. The Morgan fingerprint density at radius 1 is 1.30 bits per heavy atom. The lowest BCUT2D eigenvalue weighted by Gasteiger charge is -2.19. The first kappa shape index (κ1) is 15.3. The Labute approximate surface area is 134 Å². The van der Waals surface area contributed by atoms with Crippen LogP contribution in [-0.4, -0.2) is 23.5 Å². The molecular weight excluding hydrogens is 294 g/mol. The highest BCUT2D eigenvalue weighted by Gasteiger charge is 2.36. The van der Waals surface area contributed by atoms with Gasteiger partial charge in [0.15, 0.2) is 5.82 Å². The van der Waals surface area contributed by atoms with Gasteiger partial charge in [0, 0.05) is 24.7 Å². The number of nitrogens with zero attached hydrogens (tertiary/aromatic N) is 2. The van der Waals surface area contributed by atoms with E-state index in [4.69, 9.17) is 4.52 Å². The number of benzene rings is 1. The van der Waals surface area contributed by atoms with E-state index in [1.807, 2.05) is 32.0 Å². The fourth-order valence-electron chi connectivity index (χ4n) is 2.78. The molecule has 1 aliphatic rings. The normalized spacial score (nSPS) is 17.6. The van der Waals surface area contributed by atoms with Crippen LogP contribution in [0.4, 0.5) is 11.5 Å². The minimum absolute atomic E-state index is 0.0322. The third kappa shape index (κ3) is 3.11. The molecule has 0 radical (unpaired) electrons. The second-order valence-electron chi connectivity index (χ2n) is 6.01. The summed E-state index contributed by atoms with van der Waals surface area (Å²) < 4.78 is 4.93. The molecule has 0 bridgehead atoms. The van der Waals surface area contributed by atoms with Gasteiger partial charge in [0.05, 0.1) is 5.92 Å². The van der Waals surface area contributed by atoms with Crippen molar-refractivity contribution in [2.45, 2.75) is 27.2 Å². The van der Waals surface area contributed by atoms with Gasteiger partial charge in [-0.1, -0.05) is 17.3 Å². The lowest BCUT2D eigenvalue weighted by molar-refractivity contribution is -0.122. The largest absolute Gasteiger partial charge is 0.360 e. The Bertz CT molecular complexity index is 766. The van der Waals surface area contributed by atoms with Gasteiger partial charge in [-0.05, 0) is 38.0 Å². The summed E-state index contributed by atoms with van der Waals surface area (Å²) in [7, 11) is 0. The Morgan fingerprint density at radius 3 is 2.78 bits per heavy atom. The van der Waals surface area contributed by atoms with Gasteiger partial charge in [-0.15, -0.1) is 0 Å². The van der Waals surface area contributed by atoms with Crippen molar-refractivity contribution in [2.24, 2.45) is 5.92 Å². The van der Waals surface area contributed by atoms with Crippen molar-refractivity contribution in [3.63, 3.8) is 0 Å². The molecule has 1 fully saturated rings. The van der Waals surface area contributed by atoms with E-state index < -0.39 is 0 Å². The number of carbonyl (C=O) groups excluding carboxylic acids is 2. The van der Waals surface area contributed by atoms with E-state index in [0.29, 0.717) is 18.1 Å². The maximum atomic E-state index is 12.3. The van der Waals surface area contributed by atoms with Gasteiger partial charge in [-0.3, -0.25) is 9.59 Å². The minimum Gasteiger partial charge on any atom is -0.360 e. The van der Waals surface area contributed by atoms with Gasteiger partial charge >= 0.3 is 0 Å². The SMILES string of the molecule is Cc1ccc(C)c(N2C[C@@H](C(=O)Nc3cc(C)on3)CC2=O)c1. The van der Waals surface area contributed by atoms with Crippen molar-refractivity contribution >= 4 is 23.3 Å². The van der Waals surface area contributed by atoms with Crippen LogP contribution in [0.25, 0.3) is 0 Å². The van der Waals surface area contributed by atoms with Gasteiger partial charge < -0.3 is 14.7 Å². The predicted molar refractivity (Wildman–Crippen MR) is 86.2 cm³/mol. The molecule has 0 saturated carbocycles. The topological polar surface area (TPSA) is 75.4 Å². The molecule has 0 unspecified atom stereocenters. The Hall–Kier alpha value is -2.63. The molecule has 1 aromatic carbocycles. The molecular formula is C17H19N3O3. The number of carbonyl (C=O) groups is 2. The second-order valence-corrected chi connectivity index (χ2v) is 6.01. The van der Waals surface area contributed by atoms with Crippen LogP contribution in [-0.2, 0) is 9.59 Å². The quantitative estimate of drug-likeness (QED) is 0.945. The van der Waals surface area contributed by atoms with E-state index in [0.717, 1.165) is 16.8 Å². The number of hydrogen-bond acceptors (Lipinski definition) is 4. The van der Waals surface area contributed by atoms with Gasteiger partial charge in [0.1, 0.15) is 5.76 Å². The van der Waals surface area contributed by atoms with Crippen LogP contribution in [0.1, 0.15) is 23.3 Å². The van der Waals surface area contributed by atoms with Crippen LogP contribution in [0.15, 0.2) is 28.8 Å². The Kier molecular flexibility index (Phi) is 3.90. The average Bonchev–Trinajstić information content (AvgIpc) is 3.08. The molecule has 2 amide bonds. The average molecular weight is 313 g/mol. The zero-order valence-electron chi connectivity index (χ0n) is 13.4. The number of aromatic nitrogens is 1. The maximum Gasteiger partial charge on any atom is 0.231 e. The number of hydrogen-bond donors (Lipinski definition) is 1. The fourth-order valence-corrected chi connectivity index (χ4v) is 2.78. The summed E-state index contributed by atoms with van der Waals surface area (Å²) in [5.74, 6) is 0.374. The number of aryl methyl sites for hydroxylation is 3. The smallest absolute Gasteiger partial charge is 0.231 e. The van der Waals surface area contributed by atoms with Crippen LogP contribution in [0.3, 0.4) is 0 Å². The van der Waals surface area contributed by atoms with Crippen LogP contribution >= 0.6 is 0 Å².